The zero-order chi connectivity index (χ0) is 20.6. The number of nitrogen functional groups attached to an aromatic ring is 1. The Morgan fingerprint density at radius 3 is 2.76 bits per heavy atom. The monoisotopic (exact) mass is 405 g/mol. The molecule has 0 amide bonds. The molecule has 2 aromatic heterocycles. The molecule has 3 N–H and O–H groups in total. The van der Waals surface area contributed by atoms with Gasteiger partial charge in [-0.25, -0.2) is 15.0 Å². The molecule has 1 aliphatic rings. The van der Waals surface area contributed by atoms with E-state index in [4.69, 9.17) is 15.2 Å². The van der Waals surface area contributed by atoms with Crippen molar-refractivity contribution in [3.05, 3.63) is 12.7 Å². The van der Waals surface area contributed by atoms with Crippen molar-refractivity contribution in [3.63, 3.8) is 0 Å². The molecule has 0 saturated carbocycles. The lowest BCUT2D eigenvalue weighted by Crippen LogP contribution is -2.30. The minimum absolute atomic E-state index is 0.227. The highest BCUT2D eigenvalue weighted by atomic mass is 16.6. The number of rotatable bonds is 11. The minimum Gasteiger partial charge on any atom is -0.459 e. The van der Waals surface area contributed by atoms with Gasteiger partial charge in [-0.3, -0.25) is 9.36 Å². The number of ether oxygens (including phenoxy) is 2. The van der Waals surface area contributed by atoms with Crippen LogP contribution in [0, 0.1) is 0 Å². The van der Waals surface area contributed by atoms with E-state index in [-0.39, 0.29) is 12.6 Å². The molecule has 3 heterocycles. The SMILES string of the molecule is CCCCCCCCCC(=O)O[C@H]1C[C@H](n2cnc3c(N)ncnc32)O[C@@H]1CO. The summed E-state index contributed by atoms with van der Waals surface area (Å²) in [5, 5.41) is 9.65. The quantitative estimate of drug-likeness (QED) is 0.432. The Labute approximate surface area is 170 Å². The number of esters is 1. The van der Waals surface area contributed by atoms with Gasteiger partial charge in [0.2, 0.25) is 0 Å². The molecular weight excluding hydrogens is 374 g/mol. The molecule has 0 unspecified atom stereocenters. The summed E-state index contributed by atoms with van der Waals surface area (Å²) >= 11 is 0. The van der Waals surface area contributed by atoms with Crippen LogP contribution < -0.4 is 5.73 Å². The first-order valence-electron chi connectivity index (χ1n) is 10.5. The lowest BCUT2D eigenvalue weighted by Gasteiger charge is -2.16. The average molecular weight is 405 g/mol. The van der Waals surface area contributed by atoms with Crippen LogP contribution in [0.15, 0.2) is 12.7 Å². The Hall–Kier alpha value is -2.26. The third kappa shape index (κ3) is 5.42. The third-order valence-electron chi connectivity index (χ3n) is 5.33. The predicted molar refractivity (Wildman–Crippen MR) is 108 cm³/mol. The van der Waals surface area contributed by atoms with Crippen LogP contribution in [0.4, 0.5) is 5.82 Å². The van der Waals surface area contributed by atoms with E-state index in [1.807, 2.05) is 0 Å². The number of anilines is 1. The van der Waals surface area contributed by atoms with Crippen molar-refractivity contribution in [3.8, 4) is 0 Å². The number of hydrogen-bond acceptors (Lipinski definition) is 8. The van der Waals surface area contributed by atoms with Gasteiger partial charge in [-0.2, -0.15) is 0 Å². The molecule has 0 aliphatic carbocycles. The number of aliphatic hydroxyl groups excluding tert-OH is 1. The van der Waals surface area contributed by atoms with Gasteiger partial charge in [0, 0.05) is 12.8 Å². The maximum absolute atomic E-state index is 12.2. The second-order valence-electron chi connectivity index (χ2n) is 7.53. The lowest BCUT2D eigenvalue weighted by atomic mass is 10.1. The number of nitrogens with two attached hydrogens (primary N) is 1. The number of carbonyl (C=O) groups is 1. The first-order chi connectivity index (χ1) is 14.1. The number of aliphatic hydroxyl groups is 1. The van der Waals surface area contributed by atoms with Crippen LogP contribution in [-0.4, -0.2) is 49.4 Å². The number of carbonyl (C=O) groups excluding carboxylic acids is 1. The molecule has 0 aromatic carbocycles. The number of nitrogens with zero attached hydrogens (tertiary/aromatic N) is 4. The average Bonchev–Trinajstić information content (AvgIpc) is 3.32. The normalized spacial score (nSPS) is 21.7. The molecule has 3 rings (SSSR count). The molecule has 0 radical (unpaired) electrons. The van der Waals surface area contributed by atoms with Crippen LogP contribution in [0.25, 0.3) is 11.2 Å². The summed E-state index contributed by atoms with van der Waals surface area (Å²) in [6.07, 6.45) is 10.3. The van der Waals surface area contributed by atoms with Gasteiger partial charge >= 0.3 is 5.97 Å². The summed E-state index contributed by atoms with van der Waals surface area (Å²) in [6.45, 7) is 1.97. The Balaban J connectivity index is 1.50. The number of imidazole rings is 1. The molecular formula is C20H31N5O4. The molecule has 0 spiro atoms. The second-order valence-corrected chi connectivity index (χ2v) is 7.53. The highest BCUT2D eigenvalue weighted by Gasteiger charge is 2.39. The van der Waals surface area contributed by atoms with E-state index in [9.17, 15) is 9.90 Å². The van der Waals surface area contributed by atoms with Gasteiger partial charge in [0.15, 0.2) is 11.5 Å². The summed E-state index contributed by atoms with van der Waals surface area (Å²) in [5.41, 5.74) is 6.88. The Morgan fingerprint density at radius 2 is 2.00 bits per heavy atom. The van der Waals surface area contributed by atoms with Gasteiger partial charge in [0.25, 0.3) is 0 Å². The maximum Gasteiger partial charge on any atom is 0.306 e. The molecule has 3 atom stereocenters. The van der Waals surface area contributed by atoms with Gasteiger partial charge in [0.1, 0.15) is 30.3 Å². The molecule has 9 nitrogen and oxygen atoms in total. The number of hydrogen-bond donors (Lipinski definition) is 2. The zero-order valence-corrected chi connectivity index (χ0v) is 17.0. The van der Waals surface area contributed by atoms with Crippen molar-refractivity contribution >= 4 is 23.0 Å². The molecule has 1 saturated heterocycles. The van der Waals surface area contributed by atoms with Crippen molar-refractivity contribution in [2.24, 2.45) is 0 Å². The molecule has 1 aliphatic heterocycles. The minimum atomic E-state index is -0.574. The van der Waals surface area contributed by atoms with E-state index in [0.29, 0.717) is 29.8 Å². The molecule has 9 heteroatoms. The molecule has 2 aromatic rings. The molecule has 29 heavy (non-hydrogen) atoms. The van der Waals surface area contributed by atoms with Gasteiger partial charge in [0.05, 0.1) is 12.9 Å². The highest BCUT2D eigenvalue weighted by molar-refractivity contribution is 5.81. The van der Waals surface area contributed by atoms with E-state index < -0.39 is 18.4 Å². The smallest absolute Gasteiger partial charge is 0.306 e. The van der Waals surface area contributed by atoms with Gasteiger partial charge in [-0.05, 0) is 6.42 Å². The van der Waals surface area contributed by atoms with Gasteiger partial charge in [-0.1, -0.05) is 45.4 Å². The summed E-state index contributed by atoms with van der Waals surface area (Å²) < 4.78 is 13.2. The van der Waals surface area contributed by atoms with Crippen LogP contribution >= 0.6 is 0 Å². The summed E-state index contributed by atoms with van der Waals surface area (Å²) in [5.74, 6) is 0.0523. The van der Waals surface area contributed by atoms with Gasteiger partial charge < -0.3 is 20.3 Å². The first kappa shape index (κ1) is 21.4. The van der Waals surface area contributed by atoms with Gasteiger partial charge in [-0.15, -0.1) is 0 Å². The topological polar surface area (TPSA) is 125 Å². The van der Waals surface area contributed by atoms with Crippen molar-refractivity contribution in [2.45, 2.75) is 83.1 Å². The van der Waals surface area contributed by atoms with Crippen LogP contribution in [0.2, 0.25) is 0 Å². The Morgan fingerprint density at radius 1 is 1.24 bits per heavy atom. The fourth-order valence-electron chi connectivity index (χ4n) is 3.69. The number of aromatic nitrogens is 4. The summed E-state index contributed by atoms with van der Waals surface area (Å²) in [4.78, 5) is 24.6. The third-order valence-corrected chi connectivity index (χ3v) is 5.33. The van der Waals surface area contributed by atoms with E-state index in [0.717, 1.165) is 19.3 Å². The fourth-order valence-corrected chi connectivity index (χ4v) is 3.69. The van der Waals surface area contributed by atoms with Crippen LogP contribution in [0.5, 0.6) is 0 Å². The molecule has 1 fully saturated rings. The van der Waals surface area contributed by atoms with Crippen molar-refractivity contribution in [2.75, 3.05) is 12.3 Å². The van der Waals surface area contributed by atoms with E-state index >= 15 is 0 Å². The molecule has 0 bridgehead atoms. The number of fused-ring (bicyclic) bond motifs is 1. The first-order valence-corrected chi connectivity index (χ1v) is 10.5. The number of unbranched alkanes of at least 4 members (excludes halogenated alkanes) is 6. The summed E-state index contributed by atoms with van der Waals surface area (Å²) in [7, 11) is 0. The predicted octanol–water partition coefficient (Wildman–Crippen LogP) is 2.74. The standard InChI is InChI=1S/C20H31N5O4/c1-2-3-4-5-6-7-8-9-17(27)29-14-10-16(28-15(14)11-26)25-13-24-18-19(21)22-12-23-20(18)25/h12-16,26H,2-11H2,1H3,(H2,21,22,23)/t14-,15+,16+/m0/s1. The highest BCUT2D eigenvalue weighted by Crippen LogP contribution is 2.33. The Bertz CT molecular complexity index is 796. The molecule has 160 valence electrons. The largest absolute Gasteiger partial charge is 0.459 e. The van der Waals surface area contributed by atoms with E-state index in [1.54, 1.807) is 10.9 Å². The van der Waals surface area contributed by atoms with Crippen LogP contribution in [0.3, 0.4) is 0 Å². The summed E-state index contributed by atoms with van der Waals surface area (Å²) in [6, 6.07) is 0. The van der Waals surface area contributed by atoms with E-state index in [2.05, 4.69) is 21.9 Å². The van der Waals surface area contributed by atoms with Crippen molar-refractivity contribution in [1.82, 2.24) is 19.5 Å². The second kappa shape index (κ2) is 10.5. The van der Waals surface area contributed by atoms with Crippen molar-refractivity contribution in [1.29, 1.82) is 0 Å². The van der Waals surface area contributed by atoms with Crippen LogP contribution in [0.1, 0.15) is 70.9 Å². The Kier molecular flexibility index (Phi) is 7.76. The fraction of sp³-hybridized carbons (Fsp3) is 0.700. The zero-order valence-electron chi connectivity index (χ0n) is 17.0. The van der Waals surface area contributed by atoms with E-state index in [1.165, 1.54) is 32.0 Å². The van der Waals surface area contributed by atoms with Crippen LogP contribution in [-0.2, 0) is 14.3 Å². The lowest BCUT2D eigenvalue weighted by molar-refractivity contribution is -0.153. The van der Waals surface area contributed by atoms with Crippen molar-refractivity contribution < 1.29 is 19.4 Å². The maximum atomic E-state index is 12.2.